The molecular formula is C17H19N3O3. The van der Waals surface area contributed by atoms with Crippen molar-refractivity contribution in [1.29, 1.82) is 0 Å². The fraction of sp³-hybridized carbons (Fsp3) is 0.176. The Morgan fingerprint density at radius 1 is 1.22 bits per heavy atom. The third-order valence-corrected chi connectivity index (χ3v) is 3.01. The van der Waals surface area contributed by atoms with Crippen LogP contribution in [-0.2, 0) is 4.79 Å². The largest absolute Gasteiger partial charge is 0.392 e. The normalized spacial score (nSPS) is 12.5. The second-order valence-corrected chi connectivity index (χ2v) is 5.06. The second kappa shape index (κ2) is 7.95. The van der Waals surface area contributed by atoms with Gasteiger partial charge in [0, 0.05) is 24.0 Å². The lowest BCUT2D eigenvalue weighted by Gasteiger charge is -2.12. The summed E-state index contributed by atoms with van der Waals surface area (Å²) in [4.78, 5) is 27.4. The number of carbonyl (C=O) groups is 2. The van der Waals surface area contributed by atoms with Crippen LogP contribution in [0.4, 0.5) is 0 Å². The summed E-state index contributed by atoms with van der Waals surface area (Å²) in [6.45, 7) is 1.67. The monoisotopic (exact) mass is 313 g/mol. The molecule has 0 bridgehead atoms. The summed E-state index contributed by atoms with van der Waals surface area (Å²) in [6, 6.07) is 12.2. The first-order chi connectivity index (χ1) is 11.1. The molecule has 6 heteroatoms. The average Bonchev–Trinajstić information content (AvgIpc) is 3.05. The Balaban J connectivity index is 2.16. The van der Waals surface area contributed by atoms with E-state index in [0.717, 1.165) is 0 Å². The minimum absolute atomic E-state index is 0.0990. The molecule has 120 valence electrons. The van der Waals surface area contributed by atoms with Crippen molar-refractivity contribution < 1.29 is 14.7 Å². The van der Waals surface area contributed by atoms with Crippen LogP contribution in [0, 0.1) is 0 Å². The van der Waals surface area contributed by atoms with E-state index < -0.39 is 12.0 Å². The van der Waals surface area contributed by atoms with E-state index >= 15 is 0 Å². The highest BCUT2D eigenvalue weighted by atomic mass is 16.3. The summed E-state index contributed by atoms with van der Waals surface area (Å²) >= 11 is 0. The molecule has 4 N–H and O–H groups in total. The van der Waals surface area contributed by atoms with Crippen LogP contribution in [0.5, 0.6) is 0 Å². The van der Waals surface area contributed by atoms with E-state index in [2.05, 4.69) is 15.6 Å². The van der Waals surface area contributed by atoms with Crippen LogP contribution in [0.3, 0.4) is 0 Å². The van der Waals surface area contributed by atoms with Crippen molar-refractivity contribution in [2.75, 3.05) is 6.54 Å². The number of aliphatic hydroxyl groups excluding tert-OH is 1. The lowest BCUT2D eigenvalue weighted by Crippen LogP contribution is -2.37. The lowest BCUT2D eigenvalue weighted by atomic mass is 10.2. The average molecular weight is 313 g/mol. The number of H-pyrrole nitrogens is 1. The van der Waals surface area contributed by atoms with Gasteiger partial charge in [0.05, 0.1) is 6.10 Å². The second-order valence-electron chi connectivity index (χ2n) is 5.06. The topological polar surface area (TPSA) is 94.2 Å². The number of benzene rings is 1. The summed E-state index contributed by atoms with van der Waals surface area (Å²) in [5.41, 5.74) is 1.23. The van der Waals surface area contributed by atoms with Gasteiger partial charge < -0.3 is 20.7 Å². The fourth-order valence-corrected chi connectivity index (χ4v) is 1.87. The van der Waals surface area contributed by atoms with Gasteiger partial charge in [-0.25, -0.2) is 0 Å². The Labute approximate surface area is 134 Å². The van der Waals surface area contributed by atoms with Crippen LogP contribution < -0.4 is 10.6 Å². The maximum Gasteiger partial charge on any atom is 0.267 e. The minimum atomic E-state index is -0.671. The van der Waals surface area contributed by atoms with Gasteiger partial charge in [-0.1, -0.05) is 18.2 Å². The first kappa shape index (κ1) is 16.5. The number of rotatable bonds is 6. The zero-order valence-electron chi connectivity index (χ0n) is 12.7. The van der Waals surface area contributed by atoms with E-state index in [0.29, 0.717) is 11.3 Å². The van der Waals surface area contributed by atoms with Gasteiger partial charge in [0.15, 0.2) is 0 Å². The molecule has 2 aromatic rings. The number of aromatic nitrogens is 1. The molecule has 1 atom stereocenters. The molecule has 0 aliphatic rings. The number of amides is 2. The third kappa shape index (κ3) is 5.12. The van der Waals surface area contributed by atoms with Crippen LogP contribution in [-0.4, -0.2) is 34.6 Å². The van der Waals surface area contributed by atoms with E-state index in [1.165, 1.54) is 6.08 Å². The SMILES string of the molecule is CC(O)CNC(=O)/C(=C/c1ccc[nH]1)NC(=O)c1ccccc1. The molecule has 0 aliphatic carbocycles. The van der Waals surface area contributed by atoms with Crippen LogP contribution in [0.25, 0.3) is 6.08 Å². The quantitative estimate of drug-likeness (QED) is 0.605. The van der Waals surface area contributed by atoms with Crippen LogP contribution in [0.15, 0.2) is 54.4 Å². The van der Waals surface area contributed by atoms with Gasteiger partial charge in [0.25, 0.3) is 11.8 Å². The smallest absolute Gasteiger partial charge is 0.267 e. The van der Waals surface area contributed by atoms with Gasteiger partial charge in [-0.05, 0) is 37.3 Å². The zero-order chi connectivity index (χ0) is 16.7. The van der Waals surface area contributed by atoms with Crippen molar-refractivity contribution >= 4 is 17.9 Å². The highest BCUT2D eigenvalue weighted by molar-refractivity contribution is 6.05. The van der Waals surface area contributed by atoms with Gasteiger partial charge in [0.1, 0.15) is 5.70 Å². The Kier molecular flexibility index (Phi) is 5.71. The van der Waals surface area contributed by atoms with E-state index in [1.54, 1.807) is 49.5 Å². The Hall–Kier alpha value is -2.86. The zero-order valence-corrected chi connectivity index (χ0v) is 12.7. The van der Waals surface area contributed by atoms with E-state index in [1.807, 2.05) is 6.07 Å². The Morgan fingerprint density at radius 2 is 1.96 bits per heavy atom. The number of aromatic amines is 1. The maximum atomic E-state index is 12.2. The van der Waals surface area contributed by atoms with E-state index in [4.69, 9.17) is 0 Å². The fourth-order valence-electron chi connectivity index (χ4n) is 1.87. The molecule has 0 saturated carbocycles. The van der Waals surface area contributed by atoms with Crippen molar-refractivity contribution in [2.45, 2.75) is 13.0 Å². The van der Waals surface area contributed by atoms with Crippen LogP contribution in [0.1, 0.15) is 23.0 Å². The summed E-state index contributed by atoms with van der Waals surface area (Å²) in [6.07, 6.45) is 2.59. The molecule has 0 fully saturated rings. The van der Waals surface area contributed by atoms with E-state index in [9.17, 15) is 14.7 Å². The van der Waals surface area contributed by atoms with Gasteiger partial charge >= 0.3 is 0 Å². The predicted molar refractivity (Wildman–Crippen MR) is 87.4 cm³/mol. The molecule has 23 heavy (non-hydrogen) atoms. The van der Waals surface area contributed by atoms with Crippen molar-refractivity contribution in [3.05, 3.63) is 65.6 Å². The predicted octanol–water partition coefficient (Wildman–Crippen LogP) is 1.28. The molecule has 0 radical (unpaired) electrons. The van der Waals surface area contributed by atoms with Crippen molar-refractivity contribution in [3.8, 4) is 0 Å². The minimum Gasteiger partial charge on any atom is -0.392 e. The molecule has 6 nitrogen and oxygen atoms in total. The first-order valence-corrected chi connectivity index (χ1v) is 7.24. The molecule has 2 rings (SSSR count). The van der Waals surface area contributed by atoms with Crippen molar-refractivity contribution in [3.63, 3.8) is 0 Å². The molecule has 1 aromatic heterocycles. The van der Waals surface area contributed by atoms with E-state index in [-0.39, 0.29) is 18.1 Å². The number of hydrogen-bond acceptors (Lipinski definition) is 3. The number of nitrogens with one attached hydrogen (secondary N) is 3. The molecule has 1 unspecified atom stereocenters. The third-order valence-electron chi connectivity index (χ3n) is 3.01. The van der Waals surface area contributed by atoms with Gasteiger partial charge in [0.2, 0.25) is 0 Å². The molecule has 0 aliphatic heterocycles. The van der Waals surface area contributed by atoms with Gasteiger partial charge in [-0.2, -0.15) is 0 Å². The summed E-state index contributed by atoms with van der Waals surface area (Å²) < 4.78 is 0. The molecule has 1 heterocycles. The Bertz CT molecular complexity index is 676. The summed E-state index contributed by atoms with van der Waals surface area (Å²) in [5.74, 6) is -0.847. The molecule has 0 saturated heterocycles. The maximum absolute atomic E-state index is 12.2. The van der Waals surface area contributed by atoms with Crippen LogP contribution in [0.2, 0.25) is 0 Å². The molecular weight excluding hydrogens is 294 g/mol. The summed E-state index contributed by atoms with van der Waals surface area (Å²) in [7, 11) is 0. The molecule has 1 aromatic carbocycles. The van der Waals surface area contributed by atoms with Gasteiger partial charge in [-0.15, -0.1) is 0 Å². The Morgan fingerprint density at radius 3 is 2.57 bits per heavy atom. The highest BCUT2D eigenvalue weighted by Crippen LogP contribution is 2.05. The van der Waals surface area contributed by atoms with Crippen LogP contribution >= 0.6 is 0 Å². The van der Waals surface area contributed by atoms with Gasteiger partial charge in [-0.3, -0.25) is 9.59 Å². The summed E-state index contributed by atoms with van der Waals surface area (Å²) in [5, 5.41) is 14.4. The number of carbonyl (C=O) groups excluding carboxylic acids is 2. The lowest BCUT2D eigenvalue weighted by molar-refractivity contribution is -0.118. The molecule has 2 amide bonds. The van der Waals surface area contributed by atoms with Crippen molar-refractivity contribution in [1.82, 2.24) is 15.6 Å². The first-order valence-electron chi connectivity index (χ1n) is 7.24. The van der Waals surface area contributed by atoms with Crippen molar-refractivity contribution in [2.24, 2.45) is 0 Å². The number of hydrogen-bond donors (Lipinski definition) is 4. The standard InChI is InChI=1S/C17H19N3O3/c1-12(21)11-19-17(23)15(10-14-8-5-9-18-14)20-16(22)13-6-3-2-4-7-13/h2-10,12,18,21H,11H2,1H3,(H,19,23)(H,20,22)/b15-10-. The number of aliphatic hydroxyl groups is 1. The molecule has 0 spiro atoms. The highest BCUT2D eigenvalue weighted by Gasteiger charge is 2.15.